The molecular weight excluding hydrogens is 274 g/mol. The van der Waals surface area contributed by atoms with E-state index in [0.29, 0.717) is 6.42 Å². The molecule has 1 unspecified atom stereocenters. The molecule has 0 radical (unpaired) electrons. The van der Waals surface area contributed by atoms with Gasteiger partial charge in [-0.05, 0) is 43.5 Å². The Morgan fingerprint density at radius 1 is 1.23 bits per heavy atom. The zero-order valence-corrected chi connectivity index (χ0v) is 12.8. The summed E-state index contributed by atoms with van der Waals surface area (Å²) in [5, 5.41) is 11.9. The van der Waals surface area contributed by atoms with Crippen LogP contribution in [0.5, 0.6) is 0 Å². The first kappa shape index (κ1) is 15.7. The SMILES string of the molecule is CC(C)(C#N)NC(=O)C(Cc1ccncc1)c1ccccc1. The summed E-state index contributed by atoms with van der Waals surface area (Å²) < 4.78 is 0. The van der Waals surface area contributed by atoms with Crippen LogP contribution in [0.25, 0.3) is 0 Å². The van der Waals surface area contributed by atoms with Gasteiger partial charge in [-0.1, -0.05) is 30.3 Å². The van der Waals surface area contributed by atoms with Crippen LogP contribution < -0.4 is 5.32 Å². The topological polar surface area (TPSA) is 65.8 Å². The van der Waals surface area contributed by atoms with Crippen molar-refractivity contribution in [3.8, 4) is 6.07 Å². The van der Waals surface area contributed by atoms with E-state index in [9.17, 15) is 4.79 Å². The van der Waals surface area contributed by atoms with Crippen LogP contribution in [0.15, 0.2) is 54.9 Å². The van der Waals surface area contributed by atoms with Crippen molar-refractivity contribution in [2.45, 2.75) is 31.7 Å². The smallest absolute Gasteiger partial charge is 0.229 e. The Hall–Kier alpha value is -2.67. The molecule has 0 aliphatic rings. The molecule has 2 aromatic rings. The van der Waals surface area contributed by atoms with Crippen molar-refractivity contribution in [1.29, 1.82) is 5.26 Å². The van der Waals surface area contributed by atoms with E-state index in [-0.39, 0.29) is 11.8 Å². The van der Waals surface area contributed by atoms with Gasteiger partial charge in [0.25, 0.3) is 0 Å². The highest BCUT2D eigenvalue weighted by Gasteiger charge is 2.26. The van der Waals surface area contributed by atoms with Crippen LogP contribution in [0, 0.1) is 11.3 Å². The van der Waals surface area contributed by atoms with Crippen LogP contribution >= 0.6 is 0 Å². The van der Waals surface area contributed by atoms with E-state index in [2.05, 4.69) is 16.4 Å². The van der Waals surface area contributed by atoms with Crippen LogP contribution in [0.3, 0.4) is 0 Å². The lowest BCUT2D eigenvalue weighted by molar-refractivity contribution is -0.123. The lowest BCUT2D eigenvalue weighted by Crippen LogP contribution is -2.44. The predicted octanol–water partition coefficient (Wildman–Crippen LogP) is 2.83. The highest BCUT2D eigenvalue weighted by Crippen LogP contribution is 2.22. The molecule has 2 rings (SSSR count). The van der Waals surface area contributed by atoms with Crippen molar-refractivity contribution < 1.29 is 4.79 Å². The van der Waals surface area contributed by atoms with Gasteiger partial charge in [0.05, 0.1) is 12.0 Å². The first-order valence-corrected chi connectivity index (χ1v) is 7.19. The summed E-state index contributed by atoms with van der Waals surface area (Å²) in [6.07, 6.45) is 4.00. The molecule has 0 bridgehead atoms. The van der Waals surface area contributed by atoms with E-state index >= 15 is 0 Å². The molecule has 0 saturated carbocycles. The van der Waals surface area contributed by atoms with Gasteiger partial charge in [-0.15, -0.1) is 0 Å². The Bertz CT molecular complexity index is 660. The number of nitriles is 1. The van der Waals surface area contributed by atoms with Crippen LogP contribution in [0.1, 0.15) is 30.9 Å². The van der Waals surface area contributed by atoms with Crippen LogP contribution in [0.4, 0.5) is 0 Å². The number of amides is 1. The van der Waals surface area contributed by atoms with E-state index < -0.39 is 5.54 Å². The molecular formula is C18H19N3O. The van der Waals surface area contributed by atoms with Gasteiger partial charge in [0.2, 0.25) is 5.91 Å². The molecule has 112 valence electrons. The summed E-state index contributed by atoms with van der Waals surface area (Å²) in [6.45, 7) is 3.39. The minimum atomic E-state index is -0.887. The maximum absolute atomic E-state index is 12.6. The third-order valence-electron chi connectivity index (χ3n) is 3.42. The fourth-order valence-corrected chi connectivity index (χ4v) is 2.22. The molecule has 1 aromatic heterocycles. The fraction of sp³-hybridized carbons (Fsp3) is 0.278. The number of hydrogen-bond acceptors (Lipinski definition) is 3. The zero-order valence-electron chi connectivity index (χ0n) is 12.8. The molecule has 0 aliphatic heterocycles. The monoisotopic (exact) mass is 293 g/mol. The Labute approximate surface area is 130 Å². The molecule has 4 heteroatoms. The third-order valence-corrected chi connectivity index (χ3v) is 3.42. The molecule has 1 atom stereocenters. The number of nitrogens with one attached hydrogen (secondary N) is 1. The Morgan fingerprint density at radius 2 is 1.86 bits per heavy atom. The molecule has 1 amide bonds. The van der Waals surface area contributed by atoms with Gasteiger partial charge >= 0.3 is 0 Å². The van der Waals surface area contributed by atoms with E-state index in [4.69, 9.17) is 5.26 Å². The summed E-state index contributed by atoms with van der Waals surface area (Å²) in [4.78, 5) is 16.6. The van der Waals surface area contributed by atoms with Crippen LogP contribution in [-0.4, -0.2) is 16.4 Å². The molecule has 0 spiro atoms. The van der Waals surface area contributed by atoms with Gasteiger partial charge < -0.3 is 5.32 Å². The molecule has 1 heterocycles. The fourth-order valence-electron chi connectivity index (χ4n) is 2.22. The van der Waals surface area contributed by atoms with Gasteiger partial charge in [-0.2, -0.15) is 5.26 Å². The Morgan fingerprint density at radius 3 is 2.45 bits per heavy atom. The number of rotatable bonds is 5. The third kappa shape index (κ3) is 4.16. The van der Waals surface area contributed by atoms with Gasteiger partial charge in [0.15, 0.2) is 0 Å². The molecule has 0 saturated heterocycles. The maximum Gasteiger partial charge on any atom is 0.229 e. The second kappa shape index (κ2) is 6.86. The number of hydrogen-bond donors (Lipinski definition) is 1. The summed E-state index contributed by atoms with van der Waals surface area (Å²) in [6, 6.07) is 15.5. The summed E-state index contributed by atoms with van der Waals surface area (Å²) >= 11 is 0. The zero-order chi connectivity index (χ0) is 16.0. The molecule has 1 N–H and O–H groups in total. The second-order valence-electron chi connectivity index (χ2n) is 5.75. The average molecular weight is 293 g/mol. The normalized spacial score (nSPS) is 12.2. The highest BCUT2D eigenvalue weighted by atomic mass is 16.2. The number of carbonyl (C=O) groups excluding carboxylic acids is 1. The quantitative estimate of drug-likeness (QED) is 0.921. The first-order valence-electron chi connectivity index (χ1n) is 7.19. The number of carbonyl (C=O) groups is 1. The first-order chi connectivity index (χ1) is 10.5. The van der Waals surface area contributed by atoms with Crippen molar-refractivity contribution >= 4 is 5.91 Å². The summed E-state index contributed by atoms with van der Waals surface area (Å²) in [5.41, 5.74) is 1.09. The largest absolute Gasteiger partial charge is 0.338 e. The molecule has 22 heavy (non-hydrogen) atoms. The minimum absolute atomic E-state index is 0.144. The summed E-state index contributed by atoms with van der Waals surface area (Å²) in [5.74, 6) is -0.481. The Balaban J connectivity index is 2.26. The molecule has 1 aromatic carbocycles. The van der Waals surface area contributed by atoms with E-state index in [0.717, 1.165) is 11.1 Å². The van der Waals surface area contributed by atoms with Gasteiger partial charge in [-0.25, -0.2) is 0 Å². The van der Waals surface area contributed by atoms with Crippen LogP contribution in [-0.2, 0) is 11.2 Å². The lowest BCUT2D eigenvalue weighted by atomic mass is 9.90. The van der Waals surface area contributed by atoms with E-state index in [1.54, 1.807) is 26.2 Å². The number of benzene rings is 1. The van der Waals surface area contributed by atoms with E-state index in [1.807, 2.05) is 42.5 Å². The second-order valence-corrected chi connectivity index (χ2v) is 5.75. The molecule has 4 nitrogen and oxygen atoms in total. The van der Waals surface area contributed by atoms with Crippen molar-refractivity contribution in [2.75, 3.05) is 0 Å². The predicted molar refractivity (Wildman–Crippen MR) is 85.0 cm³/mol. The highest BCUT2D eigenvalue weighted by molar-refractivity contribution is 5.85. The van der Waals surface area contributed by atoms with E-state index in [1.165, 1.54) is 0 Å². The number of pyridine rings is 1. The summed E-state index contributed by atoms with van der Waals surface area (Å²) in [7, 11) is 0. The number of nitrogens with zero attached hydrogens (tertiary/aromatic N) is 2. The van der Waals surface area contributed by atoms with Gasteiger partial charge in [0.1, 0.15) is 5.54 Å². The lowest BCUT2D eigenvalue weighted by Gasteiger charge is -2.23. The number of aromatic nitrogens is 1. The minimum Gasteiger partial charge on any atom is -0.338 e. The van der Waals surface area contributed by atoms with Gasteiger partial charge in [0, 0.05) is 12.4 Å². The Kier molecular flexibility index (Phi) is 4.90. The van der Waals surface area contributed by atoms with Crippen molar-refractivity contribution in [1.82, 2.24) is 10.3 Å². The van der Waals surface area contributed by atoms with Gasteiger partial charge in [-0.3, -0.25) is 9.78 Å². The van der Waals surface area contributed by atoms with Crippen molar-refractivity contribution in [3.63, 3.8) is 0 Å². The van der Waals surface area contributed by atoms with Crippen LogP contribution in [0.2, 0.25) is 0 Å². The van der Waals surface area contributed by atoms with Crippen molar-refractivity contribution in [2.24, 2.45) is 0 Å². The molecule has 0 aliphatic carbocycles. The average Bonchev–Trinajstić information content (AvgIpc) is 2.54. The molecule has 0 fully saturated rings. The van der Waals surface area contributed by atoms with Crippen molar-refractivity contribution in [3.05, 3.63) is 66.0 Å². The maximum atomic E-state index is 12.6. The standard InChI is InChI=1S/C18H19N3O/c1-18(2,13-19)21-17(22)16(15-6-4-3-5-7-15)12-14-8-10-20-11-9-14/h3-11,16H,12H2,1-2H3,(H,21,22).